The van der Waals surface area contributed by atoms with Gasteiger partial charge in [0, 0.05) is 30.6 Å². The number of rotatable bonds is 4. The predicted molar refractivity (Wildman–Crippen MR) is 94.7 cm³/mol. The van der Waals surface area contributed by atoms with Crippen molar-refractivity contribution in [2.24, 2.45) is 5.92 Å². The molecule has 2 heterocycles. The third-order valence-corrected chi connectivity index (χ3v) is 4.60. The van der Waals surface area contributed by atoms with Gasteiger partial charge in [0.15, 0.2) is 0 Å². The van der Waals surface area contributed by atoms with Gasteiger partial charge in [0.05, 0.1) is 17.1 Å². The van der Waals surface area contributed by atoms with E-state index in [9.17, 15) is 9.59 Å². The van der Waals surface area contributed by atoms with Gasteiger partial charge in [-0.1, -0.05) is 32.0 Å². The molecule has 1 aromatic carbocycles. The van der Waals surface area contributed by atoms with Crippen molar-refractivity contribution < 1.29 is 9.59 Å². The highest BCUT2D eigenvalue weighted by Gasteiger charge is 2.30. The van der Waals surface area contributed by atoms with Crippen LogP contribution in [0.1, 0.15) is 32.4 Å². The van der Waals surface area contributed by atoms with E-state index in [-0.39, 0.29) is 17.7 Å². The molecule has 2 aromatic rings. The molecule has 1 aliphatic rings. The van der Waals surface area contributed by atoms with E-state index >= 15 is 0 Å². The van der Waals surface area contributed by atoms with Crippen molar-refractivity contribution in [2.75, 3.05) is 18.4 Å². The fourth-order valence-corrected chi connectivity index (χ4v) is 3.17. The van der Waals surface area contributed by atoms with E-state index in [0.717, 1.165) is 35.1 Å². The summed E-state index contributed by atoms with van der Waals surface area (Å²) >= 11 is 0. The summed E-state index contributed by atoms with van der Waals surface area (Å²) in [5.41, 5.74) is 2.65. The van der Waals surface area contributed by atoms with Crippen molar-refractivity contribution in [3.8, 4) is 0 Å². The molecular formula is C19H23N3O2. The summed E-state index contributed by atoms with van der Waals surface area (Å²) in [6.45, 7) is 5.09. The van der Waals surface area contributed by atoms with Crippen LogP contribution in [0.2, 0.25) is 0 Å². The number of fused-ring (bicyclic) bond motifs is 1. The number of para-hydroxylation sites is 1. The van der Waals surface area contributed by atoms with Crippen LogP contribution in [-0.2, 0) is 16.0 Å². The Labute approximate surface area is 142 Å². The number of nitrogens with one attached hydrogen (secondary N) is 1. The molecule has 1 N–H and O–H groups in total. The van der Waals surface area contributed by atoms with Crippen molar-refractivity contribution in [2.45, 2.75) is 33.1 Å². The molecule has 1 aromatic heterocycles. The van der Waals surface area contributed by atoms with Gasteiger partial charge in [-0.05, 0) is 25.0 Å². The molecule has 0 radical (unpaired) electrons. The Bertz CT molecular complexity index is 772. The Morgan fingerprint density at radius 3 is 2.83 bits per heavy atom. The number of nitrogens with zero attached hydrogens (tertiary/aromatic N) is 2. The highest BCUT2D eigenvalue weighted by atomic mass is 16.2. The minimum absolute atomic E-state index is 0.0141. The predicted octanol–water partition coefficient (Wildman–Crippen LogP) is 2.99. The summed E-state index contributed by atoms with van der Waals surface area (Å²) < 4.78 is 0. The molecule has 1 fully saturated rings. The van der Waals surface area contributed by atoms with Gasteiger partial charge in [-0.25, -0.2) is 0 Å². The molecule has 0 aliphatic carbocycles. The quantitative estimate of drug-likeness (QED) is 0.940. The average molecular weight is 325 g/mol. The molecule has 5 heteroatoms. The first-order valence-electron chi connectivity index (χ1n) is 8.59. The van der Waals surface area contributed by atoms with Crippen LogP contribution in [0, 0.1) is 5.92 Å². The number of anilines is 1. The largest absolute Gasteiger partial charge is 0.342 e. The van der Waals surface area contributed by atoms with Crippen molar-refractivity contribution >= 4 is 28.4 Å². The lowest BCUT2D eigenvalue weighted by molar-refractivity contribution is -0.130. The van der Waals surface area contributed by atoms with E-state index in [2.05, 4.69) is 10.3 Å². The van der Waals surface area contributed by atoms with Crippen LogP contribution in [0.3, 0.4) is 0 Å². The maximum absolute atomic E-state index is 12.6. The Kier molecular flexibility index (Phi) is 4.79. The number of aryl methyl sites for hydroxylation is 1. The van der Waals surface area contributed by atoms with E-state index in [0.29, 0.717) is 19.5 Å². The number of benzene rings is 1. The first-order valence-corrected chi connectivity index (χ1v) is 8.59. The van der Waals surface area contributed by atoms with E-state index in [1.807, 2.05) is 44.2 Å². The summed E-state index contributed by atoms with van der Waals surface area (Å²) in [7, 11) is 0. The number of aromatic nitrogens is 1. The normalized spacial score (nSPS) is 17.2. The zero-order valence-electron chi connectivity index (χ0n) is 14.2. The van der Waals surface area contributed by atoms with Gasteiger partial charge in [-0.15, -0.1) is 0 Å². The zero-order valence-corrected chi connectivity index (χ0v) is 14.2. The van der Waals surface area contributed by atoms with Gasteiger partial charge in [-0.2, -0.15) is 0 Å². The van der Waals surface area contributed by atoms with Gasteiger partial charge in [0.25, 0.3) is 0 Å². The molecule has 24 heavy (non-hydrogen) atoms. The number of hydrogen-bond acceptors (Lipinski definition) is 3. The number of amides is 2. The minimum atomic E-state index is -0.141. The monoisotopic (exact) mass is 325 g/mol. The maximum atomic E-state index is 12.6. The molecular weight excluding hydrogens is 302 g/mol. The molecule has 0 spiro atoms. The number of pyridine rings is 1. The number of carbonyl (C=O) groups excluding carboxylic acids is 2. The zero-order chi connectivity index (χ0) is 17.1. The third kappa shape index (κ3) is 3.25. The van der Waals surface area contributed by atoms with Gasteiger partial charge in [-0.3, -0.25) is 14.6 Å². The average Bonchev–Trinajstić information content (AvgIpc) is 3.11. The van der Waals surface area contributed by atoms with Gasteiger partial charge in [0.2, 0.25) is 11.8 Å². The van der Waals surface area contributed by atoms with Crippen molar-refractivity contribution in [1.82, 2.24) is 9.88 Å². The molecule has 1 aliphatic heterocycles. The summed E-state index contributed by atoms with van der Waals surface area (Å²) in [5, 5.41) is 4.01. The Hall–Kier alpha value is -2.43. The lowest BCUT2D eigenvalue weighted by Gasteiger charge is -2.16. The Morgan fingerprint density at radius 2 is 2.08 bits per heavy atom. The van der Waals surface area contributed by atoms with Crippen molar-refractivity contribution in [3.05, 3.63) is 36.0 Å². The molecule has 1 saturated heterocycles. The molecule has 2 amide bonds. The van der Waals surface area contributed by atoms with Gasteiger partial charge >= 0.3 is 0 Å². The molecule has 0 bridgehead atoms. The Balaban J connectivity index is 1.80. The van der Waals surface area contributed by atoms with E-state index in [1.54, 1.807) is 4.90 Å². The smallest absolute Gasteiger partial charge is 0.229 e. The highest BCUT2D eigenvalue weighted by Crippen LogP contribution is 2.25. The van der Waals surface area contributed by atoms with Crippen LogP contribution >= 0.6 is 0 Å². The summed E-state index contributed by atoms with van der Waals surface area (Å²) in [5.74, 6) is -0.0368. The molecule has 1 atom stereocenters. The first kappa shape index (κ1) is 16.4. The van der Waals surface area contributed by atoms with E-state index in [1.165, 1.54) is 0 Å². The summed E-state index contributed by atoms with van der Waals surface area (Å²) in [6, 6.07) is 9.78. The van der Waals surface area contributed by atoms with Crippen LogP contribution in [0.15, 0.2) is 30.3 Å². The van der Waals surface area contributed by atoms with Gasteiger partial charge in [0.1, 0.15) is 0 Å². The van der Waals surface area contributed by atoms with Crippen LogP contribution < -0.4 is 5.32 Å². The minimum Gasteiger partial charge on any atom is -0.342 e. The second kappa shape index (κ2) is 6.99. The summed E-state index contributed by atoms with van der Waals surface area (Å²) in [4.78, 5) is 30.8. The maximum Gasteiger partial charge on any atom is 0.229 e. The second-order valence-corrected chi connectivity index (χ2v) is 6.20. The SMILES string of the molecule is CCC(=O)N1CC[C@H](C(=O)Nc2cc(CC)nc3ccccc23)C1. The lowest BCUT2D eigenvalue weighted by atomic mass is 10.1. The molecule has 5 nitrogen and oxygen atoms in total. The molecule has 0 unspecified atom stereocenters. The standard InChI is InChI=1S/C19H23N3O2/c1-3-14-11-17(15-7-5-6-8-16(15)20-14)21-19(24)13-9-10-22(12-13)18(23)4-2/h5-8,11,13H,3-4,9-10,12H2,1-2H3,(H,20,21,24)/t13-/m0/s1. The summed E-state index contributed by atoms with van der Waals surface area (Å²) in [6.07, 6.45) is 2.03. The first-order chi connectivity index (χ1) is 11.6. The number of hydrogen-bond donors (Lipinski definition) is 1. The molecule has 0 saturated carbocycles. The molecule has 126 valence electrons. The van der Waals surface area contributed by atoms with Crippen molar-refractivity contribution in [3.63, 3.8) is 0 Å². The fraction of sp³-hybridized carbons (Fsp3) is 0.421. The van der Waals surface area contributed by atoms with Gasteiger partial charge < -0.3 is 10.2 Å². The van der Waals surface area contributed by atoms with Crippen molar-refractivity contribution in [1.29, 1.82) is 0 Å². The van der Waals surface area contributed by atoms with Crippen LogP contribution in [0.25, 0.3) is 10.9 Å². The van der Waals surface area contributed by atoms with Crippen LogP contribution in [0.5, 0.6) is 0 Å². The number of likely N-dealkylation sites (tertiary alicyclic amines) is 1. The third-order valence-electron chi connectivity index (χ3n) is 4.60. The number of carbonyl (C=O) groups is 2. The lowest BCUT2D eigenvalue weighted by Crippen LogP contribution is -2.31. The van der Waals surface area contributed by atoms with Crippen LogP contribution in [-0.4, -0.2) is 34.8 Å². The Morgan fingerprint density at radius 1 is 1.29 bits per heavy atom. The topological polar surface area (TPSA) is 62.3 Å². The second-order valence-electron chi connectivity index (χ2n) is 6.20. The fourth-order valence-electron chi connectivity index (χ4n) is 3.17. The molecule has 3 rings (SSSR count). The van der Waals surface area contributed by atoms with E-state index in [4.69, 9.17) is 0 Å². The van der Waals surface area contributed by atoms with E-state index < -0.39 is 0 Å². The van der Waals surface area contributed by atoms with Crippen LogP contribution in [0.4, 0.5) is 5.69 Å². The highest BCUT2D eigenvalue weighted by molar-refractivity contribution is 6.02.